The molecule has 3 heterocycles. The maximum absolute atomic E-state index is 4.47. The Morgan fingerprint density at radius 1 is 1.10 bits per heavy atom. The number of hydrogen-bond acceptors (Lipinski definition) is 6. The second-order valence-corrected chi connectivity index (χ2v) is 6.91. The van der Waals surface area contributed by atoms with E-state index in [-0.39, 0.29) is 0 Å². The van der Waals surface area contributed by atoms with Crippen LogP contribution in [-0.2, 0) is 0 Å². The topological polar surface area (TPSA) is 35.5 Å². The highest BCUT2D eigenvalue weighted by Gasteiger charge is 2.25. The average molecular weight is 293 g/mol. The molecule has 0 saturated carbocycles. The van der Waals surface area contributed by atoms with E-state index in [1.54, 1.807) is 6.33 Å². The summed E-state index contributed by atoms with van der Waals surface area (Å²) in [7, 11) is 4.32. The fraction of sp³-hybridized carbons (Fsp3) is 0.714. The SMILES string of the molecule is CN(C)C1CCN(c2cc(N3CCSCC3)ncn2)C1. The molecule has 1 unspecified atom stereocenters. The van der Waals surface area contributed by atoms with Gasteiger partial charge in [-0.25, -0.2) is 9.97 Å². The first-order valence-electron chi connectivity index (χ1n) is 7.30. The average Bonchev–Trinajstić information content (AvgIpc) is 2.98. The summed E-state index contributed by atoms with van der Waals surface area (Å²) in [6.07, 6.45) is 2.93. The van der Waals surface area contributed by atoms with Crippen molar-refractivity contribution < 1.29 is 0 Å². The van der Waals surface area contributed by atoms with E-state index in [4.69, 9.17) is 0 Å². The molecule has 0 radical (unpaired) electrons. The monoisotopic (exact) mass is 293 g/mol. The molecule has 6 heteroatoms. The zero-order valence-corrected chi connectivity index (χ0v) is 13.1. The minimum atomic E-state index is 0.639. The predicted octanol–water partition coefficient (Wildman–Crippen LogP) is 1.17. The van der Waals surface area contributed by atoms with Crippen molar-refractivity contribution in [1.82, 2.24) is 14.9 Å². The summed E-state index contributed by atoms with van der Waals surface area (Å²) < 4.78 is 0. The van der Waals surface area contributed by atoms with E-state index in [2.05, 4.69) is 44.8 Å². The molecule has 20 heavy (non-hydrogen) atoms. The molecule has 1 aromatic heterocycles. The molecule has 2 aliphatic rings. The van der Waals surface area contributed by atoms with Gasteiger partial charge < -0.3 is 14.7 Å². The number of rotatable bonds is 3. The van der Waals surface area contributed by atoms with Gasteiger partial charge in [0, 0.05) is 49.8 Å². The molecule has 1 atom stereocenters. The van der Waals surface area contributed by atoms with E-state index in [1.165, 1.54) is 17.9 Å². The van der Waals surface area contributed by atoms with Crippen molar-refractivity contribution in [2.24, 2.45) is 0 Å². The predicted molar refractivity (Wildman–Crippen MR) is 85.9 cm³/mol. The highest BCUT2D eigenvalue weighted by atomic mass is 32.2. The van der Waals surface area contributed by atoms with Crippen LogP contribution in [0.3, 0.4) is 0 Å². The Morgan fingerprint density at radius 3 is 2.45 bits per heavy atom. The van der Waals surface area contributed by atoms with Gasteiger partial charge in [-0.1, -0.05) is 0 Å². The van der Waals surface area contributed by atoms with E-state index in [1.807, 2.05) is 11.8 Å². The van der Waals surface area contributed by atoms with Gasteiger partial charge >= 0.3 is 0 Å². The summed E-state index contributed by atoms with van der Waals surface area (Å²) in [5.41, 5.74) is 0. The van der Waals surface area contributed by atoms with E-state index in [0.717, 1.165) is 37.8 Å². The zero-order valence-electron chi connectivity index (χ0n) is 12.3. The summed E-state index contributed by atoms with van der Waals surface area (Å²) >= 11 is 2.03. The molecular weight excluding hydrogens is 270 g/mol. The van der Waals surface area contributed by atoms with Crippen molar-refractivity contribution >= 4 is 23.4 Å². The number of likely N-dealkylation sites (N-methyl/N-ethyl adjacent to an activating group) is 1. The Labute approximate surface area is 125 Å². The summed E-state index contributed by atoms with van der Waals surface area (Å²) in [6, 6.07) is 2.80. The third-order valence-electron chi connectivity index (χ3n) is 4.19. The molecule has 0 aromatic carbocycles. The summed E-state index contributed by atoms with van der Waals surface area (Å²) in [5, 5.41) is 0. The minimum absolute atomic E-state index is 0.639. The van der Waals surface area contributed by atoms with Crippen LogP contribution in [0.15, 0.2) is 12.4 Å². The van der Waals surface area contributed by atoms with Gasteiger partial charge in [-0.3, -0.25) is 0 Å². The maximum Gasteiger partial charge on any atom is 0.134 e. The molecule has 0 N–H and O–H groups in total. The standard InChI is InChI=1S/C14H23N5S/c1-17(2)12-3-4-19(10-12)14-9-13(15-11-16-14)18-5-7-20-8-6-18/h9,11-12H,3-8,10H2,1-2H3. The first kappa shape index (κ1) is 13.9. The van der Waals surface area contributed by atoms with Gasteiger partial charge in [0.2, 0.25) is 0 Å². The first-order chi connectivity index (χ1) is 9.74. The van der Waals surface area contributed by atoms with Crippen LogP contribution in [0.2, 0.25) is 0 Å². The molecule has 110 valence electrons. The second kappa shape index (κ2) is 6.18. The summed E-state index contributed by atoms with van der Waals surface area (Å²) in [4.78, 5) is 16.0. The number of thioether (sulfide) groups is 1. The first-order valence-corrected chi connectivity index (χ1v) is 8.45. The van der Waals surface area contributed by atoms with Crippen molar-refractivity contribution in [3.63, 3.8) is 0 Å². The molecule has 2 aliphatic heterocycles. The lowest BCUT2D eigenvalue weighted by atomic mass is 10.2. The van der Waals surface area contributed by atoms with Crippen LogP contribution < -0.4 is 9.80 Å². The lowest BCUT2D eigenvalue weighted by Crippen LogP contribution is -2.34. The largest absolute Gasteiger partial charge is 0.355 e. The quantitative estimate of drug-likeness (QED) is 0.832. The highest BCUT2D eigenvalue weighted by molar-refractivity contribution is 7.99. The molecule has 5 nitrogen and oxygen atoms in total. The molecule has 1 aromatic rings. The van der Waals surface area contributed by atoms with Gasteiger partial charge in [-0.05, 0) is 20.5 Å². The lowest BCUT2D eigenvalue weighted by Gasteiger charge is -2.28. The van der Waals surface area contributed by atoms with Crippen LogP contribution >= 0.6 is 11.8 Å². The van der Waals surface area contributed by atoms with E-state index in [0.29, 0.717) is 6.04 Å². The van der Waals surface area contributed by atoms with Crippen molar-refractivity contribution in [3.8, 4) is 0 Å². The fourth-order valence-corrected chi connectivity index (χ4v) is 3.75. The third kappa shape index (κ3) is 3.01. The maximum atomic E-state index is 4.47. The van der Waals surface area contributed by atoms with E-state index in [9.17, 15) is 0 Å². The van der Waals surface area contributed by atoms with Gasteiger partial charge in [0.1, 0.15) is 18.0 Å². The fourth-order valence-electron chi connectivity index (χ4n) is 2.85. The van der Waals surface area contributed by atoms with Gasteiger partial charge in [0.25, 0.3) is 0 Å². The molecule has 0 aliphatic carbocycles. The summed E-state index contributed by atoms with van der Waals surface area (Å²) in [5.74, 6) is 4.57. The van der Waals surface area contributed by atoms with E-state index >= 15 is 0 Å². The van der Waals surface area contributed by atoms with Crippen LogP contribution in [-0.4, -0.2) is 72.7 Å². The summed E-state index contributed by atoms with van der Waals surface area (Å²) in [6.45, 7) is 4.36. The number of anilines is 2. The number of aromatic nitrogens is 2. The normalized spacial score (nSPS) is 23.6. The van der Waals surface area contributed by atoms with Crippen molar-refractivity contribution in [2.45, 2.75) is 12.5 Å². The second-order valence-electron chi connectivity index (χ2n) is 5.69. The minimum Gasteiger partial charge on any atom is -0.355 e. The third-order valence-corrected chi connectivity index (χ3v) is 5.13. The van der Waals surface area contributed by atoms with Crippen LogP contribution in [0, 0.1) is 0 Å². The molecule has 0 bridgehead atoms. The molecule has 3 rings (SSSR count). The van der Waals surface area contributed by atoms with Crippen molar-refractivity contribution in [1.29, 1.82) is 0 Å². The molecular formula is C14H23N5S. The van der Waals surface area contributed by atoms with Gasteiger partial charge in [-0.2, -0.15) is 11.8 Å². The van der Waals surface area contributed by atoms with Crippen LogP contribution in [0.1, 0.15) is 6.42 Å². The van der Waals surface area contributed by atoms with E-state index < -0.39 is 0 Å². The molecule has 2 fully saturated rings. The molecule has 0 amide bonds. The van der Waals surface area contributed by atoms with Crippen molar-refractivity contribution in [2.75, 3.05) is 61.6 Å². The van der Waals surface area contributed by atoms with Crippen LogP contribution in [0.5, 0.6) is 0 Å². The Kier molecular flexibility index (Phi) is 4.31. The zero-order chi connectivity index (χ0) is 13.9. The Bertz CT molecular complexity index is 447. The lowest BCUT2D eigenvalue weighted by molar-refractivity contribution is 0.315. The van der Waals surface area contributed by atoms with Crippen molar-refractivity contribution in [3.05, 3.63) is 12.4 Å². The number of nitrogens with zero attached hydrogens (tertiary/aromatic N) is 5. The molecule has 2 saturated heterocycles. The van der Waals surface area contributed by atoms with Gasteiger partial charge in [0.05, 0.1) is 0 Å². The highest BCUT2D eigenvalue weighted by Crippen LogP contribution is 2.24. The van der Waals surface area contributed by atoms with Gasteiger partial charge in [-0.15, -0.1) is 0 Å². The smallest absolute Gasteiger partial charge is 0.134 e. The van der Waals surface area contributed by atoms with Gasteiger partial charge in [0.15, 0.2) is 0 Å². The Hall–Kier alpha value is -1.01. The Balaban J connectivity index is 1.71. The molecule has 0 spiro atoms. The van der Waals surface area contributed by atoms with Crippen LogP contribution in [0.25, 0.3) is 0 Å². The Morgan fingerprint density at radius 2 is 1.80 bits per heavy atom. The van der Waals surface area contributed by atoms with Crippen LogP contribution in [0.4, 0.5) is 11.6 Å². The number of hydrogen-bond donors (Lipinski definition) is 0.